The predicted octanol–water partition coefficient (Wildman–Crippen LogP) is 2.13. The van der Waals surface area contributed by atoms with Crippen LogP contribution >= 0.6 is 0 Å². The van der Waals surface area contributed by atoms with E-state index in [-0.39, 0.29) is 0 Å². The zero-order chi connectivity index (χ0) is 14.5. The molecular weight excluding hydrogens is 264 g/mol. The van der Waals surface area contributed by atoms with Crippen LogP contribution in [0.15, 0.2) is 34.9 Å². The molecule has 1 aliphatic heterocycles. The number of hydrogen-bond donors (Lipinski definition) is 1. The van der Waals surface area contributed by atoms with Gasteiger partial charge in [-0.3, -0.25) is 4.90 Å². The lowest BCUT2D eigenvalue weighted by Gasteiger charge is -2.32. The molecule has 0 unspecified atom stereocenters. The van der Waals surface area contributed by atoms with Gasteiger partial charge in [0.05, 0.1) is 6.54 Å². The molecule has 0 aliphatic carbocycles. The van der Waals surface area contributed by atoms with Gasteiger partial charge < -0.3 is 9.84 Å². The van der Waals surface area contributed by atoms with Gasteiger partial charge in [-0.15, -0.1) is 0 Å². The van der Waals surface area contributed by atoms with Crippen molar-refractivity contribution in [3.8, 4) is 0 Å². The van der Waals surface area contributed by atoms with Crippen molar-refractivity contribution in [1.29, 1.82) is 0 Å². The van der Waals surface area contributed by atoms with Gasteiger partial charge in [0, 0.05) is 19.5 Å². The number of nitrogens with zero attached hydrogens (tertiary/aromatic N) is 3. The number of hydrogen-bond acceptors (Lipinski definition) is 5. The fraction of sp³-hybridized carbons (Fsp3) is 0.500. The number of rotatable bonds is 5. The average Bonchev–Trinajstić information content (AvgIpc) is 2.93. The summed E-state index contributed by atoms with van der Waals surface area (Å²) in [5.41, 5.74) is 1.39. The zero-order valence-corrected chi connectivity index (χ0v) is 12.5. The Bertz CT molecular complexity index is 546. The van der Waals surface area contributed by atoms with Gasteiger partial charge in [0.2, 0.25) is 5.89 Å². The summed E-state index contributed by atoms with van der Waals surface area (Å²) < 4.78 is 4.98. The van der Waals surface area contributed by atoms with Crippen LogP contribution in [0.5, 0.6) is 0 Å². The summed E-state index contributed by atoms with van der Waals surface area (Å²) in [5, 5.41) is 7.44. The van der Waals surface area contributed by atoms with Gasteiger partial charge in [0.1, 0.15) is 0 Å². The van der Waals surface area contributed by atoms with Crippen molar-refractivity contribution in [2.24, 2.45) is 0 Å². The van der Waals surface area contributed by atoms with E-state index >= 15 is 0 Å². The van der Waals surface area contributed by atoms with E-state index < -0.39 is 0 Å². The van der Waals surface area contributed by atoms with Crippen LogP contribution in [-0.2, 0) is 13.1 Å². The van der Waals surface area contributed by atoms with E-state index in [1.807, 2.05) is 6.92 Å². The quantitative estimate of drug-likeness (QED) is 0.912. The standard InChI is InChI=1S/C16H22N4O/c1-13-18-16(19-21-13)11-17-15-7-9-20(10-8-15)12-14-5-3-2-4-6-14/h2-6,15,17H,7-12H2,1H3. The SMILES string of the molecule is Cc1nc(CNC2CCN(Cc3ccccc3)CC2)no1. The van der Waals surface area contributed by atoms with Crippen LogP contribution in [0.3, 0.4) is 0 Å². The first-order chi connectivity index (χ1) is 10.3. The van der Waals surface area contributed by atoms with Crippen molar-refractivity contribution in [2.75, 3.05) is 13.1 Å². The molecule has 0 spiro atoms. The number of nitrogens with one attached hydrogen (secondary N) is 1. The summed E-state index contributed by atoms with van der Waals surface area (Å²) in [7, 11) is 0. The van der Waals surface area contributed by atoms with E-state index in [4.69, 9.17) is 4.52 Å². The fourth-order valence-corrected chi connectivity index (χ4v) is 2.79. The van der Waals surface area contributed by atoms with E-state index in [0.29, 0.717) is 18.5 Å². The van der Waals surface area contributed by atoms with E-state index in [2.05, 4.69) is 50.7 Å². The number of aryl methyl sites for hydroxylation is 1. The third-order valence-electron chi connectivity index (χ3n) is 3.96. The lowest BCUT2D eigenvalue weighted by atomic mass is 10.0. The minimum absolute atomic E-state index is 0.552. The van der Waals surface area contributed by atoms with E-state index in [0.717, 1.165) is 25.5 Å². The zero-order valence-electron chi connectivity index (χ0n) is 12.5. The maximum atomic E-state index is 4.98. The Balaban J connectivity index is 1.40. The molecule has 0 bridgehead atoms. The first kappa shape index (κ1) is 14.2. The topological polar surface area (TPSA) is 54.2 Å². The molecule has 1 aliphatic rings. The van der Waals surface area contributed by atoms with Crippen molar-refractivity contribution in [1.82, 2.24) is 20.4 Å². The number of piperidine rings is 1. The lowest BCUT2D eigenvalue weighted by molar-refractivity contribution is 0.189. The molecule has 112 valence electrons. The molecule has 0 radical (unpaired) electrons. The second-order valence-corrected chi connectivity index (χ2v) is 5.65. The highest BCUT2D eigenvalue weighted by molar-refractivity contribution is 5.14. The lowest BCUT2D eigenvalue weighted by Crippen LogP contribution is -2.42. The molecule has 0 saturated carbocycles. The van der Waals surface area contributed by atoms with Crippen LogP contribution < -0.4 is 5.32 Å². The van der Waals surface area contributed by atoms with E-state index in [9.17, 15) is 0 Å². The maximum Gasteiger partial charge on any atom is 0.223 e. The molecule has 0 amide bonds. The Labute approximate surface area is 125 Å². The Kier molecular flexibility index (Phi) is 4.62. The van der Waals surface area contributed by atoms with Gasteiger partial charge >= 0.3 is 0 Å². The third kappa shape index (κ3) is 4.12. The molecule has 1 aromatic heterocycles. The Hall–Kier alpha value is -1.72. The number of benzene rings is 1. The summed E-state index contributed by atoms with van der Waals surface area (Å²) in [4.78, 5) is 6.74. The summed E-state index contributed by atoms with van der Waals surface area (Å²) in [6.45, 7) is 5.84. The Morgan fingerprint density at radius 3 is 2.67 bits per heavy atom. The highest BCUT2D eigenvalue weighted by Crippen LogP contribution is 2.14. The molecule has 2 heterocycles. The van der Waals surface area contributed by atoms with Crippen molar-refractivity contribution in [3.63, 3.8) is 0 Å². The minimum atomic E-state index is 0.552. The molecular formula is C16H22N4O. The molecule has 5 nitrogen and oxygen atoms in total. The molecule has 1 fully saturated rings. The maximum absolute atomic E-state index is 4.98. The summed E-state index contributed by atoms with van der Waals surface area (Å²) >= 11 is 0. The molecule has 3 rings (SSSR count). The van der Waals surface area contributed by atoms with Crippen LogP contribution in [0.4, 0.5) is 0 Å². The van der Waals surface area contributed by atoms with Crippen LogP contribution in [0.1, 0.15) is 30.1 Å². The van der Waals surface area contributed by atoms with E-state index in [1.165, 1.54) is 18.4 Å². The average molecular weight is 286 g/mol. The third-order valence-corrected chi connectivity index (χ3v) is 3.96. The molecule has 0 atom stereocenters. The van der Waals surface area contributed by atoms with Crippen LogP contribution in [0.25, 0.3) is 0 Å². The number of aromatic nitrogens is 2. The van der Waals surface area contributed by atoms with Crippen molar-refractivity contribution < 1.29 is 4.52 Å². The Morgan fingerprint density at radius 1 is 1.24 bits per heavy atom. The monoisotopic (exact) mass is 286 g/mol. The first-order valence-corrected chi connectivity index (χ1v) is 7.58. The normalized spacial score (nSPS) is 17.2. The second-order valence-electron chi connectivity index (χ2n) is 5.65. The summed E-state index contributed by atoms with van der Waals surface area (Å²) in [6, 6.07) is 11.2. The van der Waals surface area contributed by atoms with Crippen molar-refractivity contribution >= 4 is 0 Å². The first-order valence-electron chi connectivity index (χ1n) is 7.58. The fourth-order valence-electron chi connectivity index (χ4n) is 2.79. The van der Waals surface area contributed by atoms with Crippen LogP contribution in [0.2, 0.25) is 0 Å². The largest absolute Gasteiger partial charge is 0.340 e. The predicted molar refractivity (Wildman–Crippen MR) is 80.6 cm³/mol. The minimum Gasteiger partial charge on any atom is -0.340 e. The highest BCUT2D eigenvalue weighted by atomic mass is 16.5. The van der Waals surface area contributed by atoms with Gasteiger partial charge in [-0.1, -0.05) is 35.5 Å². The van der Waals surface area contributed by atoms with Gasteiger partial charge in [-0.05, 0) is 31.5 Å². The van der Waals surface area contributed by atoms with Crippen molar-refractivity contribution in [3.05, 3.63) is 47.6 Å². The second kappa shape index (κ2) is 6.83. The van der Waals surface area contributed by atoms with Crippen molar-refractivity contribution in [2.45, 2.75) is 38.9 Å². The molecule has 1 saturated heterocycles. The van der Waals surface area contributed by atoms with Crippen LogP contribution in [0, 0.1) is 6.92 Å². The molecule has 5 heteroatoms. The molecule has 21 heavy (non-hydrogen) atoms. The summed E-state index contributed by atoms with van der Waals surface area (Å²) in [5.74, 6) is 1.38. The van der Waals surface area contributed by atoms with E-state index in [1.54, 1.807) is 0 Å². The molecule has 1 aromatic carbocycles. The van der Waals surface area contributed by atoms with Gasteiger partial charge in [-0.2, -0.15) is 4.98 Å². The van der Waals surface area contributed by atoms with Gasteiger partial charge in [0.15, 0.2) is 5.82 Å². The molecule has 2 aromatic rings. The highest BCUT2D eigenvalue weighted by Gasteiger charge is 2.19. The molecule has 1 N–H and O–H groups in total. The van der Waals surface area contributed by atoms with Crippen LogP contribution in [-0.4, -0.2) is 34.2 Å². The summed E-state index contributed by atoms with van der Waals surface area (Å²) in [6.07, 6.45) is 2.34. The smallest absolute Gasteiger partial charge is 0.223 e. The van der Waals surface area contributed by atoms with Gasteiger partial charge in [-0.25, -0.2) is 0 Å². The van der Waals surface area contributed by atoms with Gasteiger partial charge in [0.25, 0.3) is 0 Å². The number of likely N-dealkylation sites (tertiary alicyclic amines) is 1. The Morgan fingerprint density at radius 2 is 2.00 bits per heavy atom.